The van der Waals surface area contributed by atoms with E-state index in [1.165, 1.54) is 6.07 Å². The Bertz CT molecular complexity index is 510. The second-order valence-corrected chi connectivity index (χ2v) is 4.03. The number of halogens is 2. The molecule has 1 aromatic heterocycles. The first kappa shape index (κ1) is 11.9. The largest absolute Gasteiger partial charge is 0.379 e. The molecule has 1 heterocycles. The summed E-state index contributed by atoms with van der Waals surface area (Å²) in [5.41, 5.74) is 1.87. The van der Waals surface area contributed by atoms with Crippen LogP contribution in [0.5, 0.6) is 0 Å². The molecule has 2 aromatic rings. The highest BCUT2D eigenvalue weighted by atomic mass is 35.5. The molecule has 0 atom stereocenters. The normalized spacial score (nSPS) is 10.5. The number of nitrogens with one attached hydrogen (secondary N) is 1. The molecule has 0 amide bonds. The molecule has 3 nitrogen and oxygen atoms in total. The van der Waals surface area contributed by atoms with Gasteiger partial charge in [0.2, 0.25) is 0 Å². The van der Waals surface area contributed by atoms with Gasteiger partial charge in [-0.15, -0.1) is 0 Å². The van der Waals surface area contributed by atoms with Crippen molar-refractivity contribution in [1.29, 1.82) is 0 Å². The Kier molecular flexibility index (Phi) is 3.64. The molecular weight excluding hydrogens is 241 g/mol. The Morgan fingerprint density at radius 1 is 1.41 bits per heavy atom. The number of nitrogens with zero attached hydrogens (tertiary/aromatic N) is 2. The predicted octanol–water partition coefficient (Wildman–Crippen LogP) is 3.31. The van der Waals surface area contributed by atoms with Crippen LogP contribution in [0.2, 0.25) is 5.02 Å². The SMILES string of the molecule is CCn1nccc1CNc1ccc(F)c(Cl)c1. The van der Waals surface area contributed by atoms with E-state index in [4.69, 9.17) is 11.6 Å². The summed E-state index contributed by atoms with van der Waals surface area (Å²) >= 11 is 5.70. The van der Waals surface area contributed by atoms with Crippen molar-refractivity contribution >= 4 is 17.3 Å². The van der Waals surface area contributed by atoms with Crippen molar-refractivity contribution in [3.05, 3.63) is 47.0 Å². The van der Waals surface area contributed by atoms with Crippen molar-refractivity contribution in [2.45, 2.75) is 20.0 Å². The van der Waals surface area contributed by atoms with Crippen LogP contribution in [-0.2, 0) is 13.1 Å². The van der Waals surface area contributed by atoms with E-state index in [1.807, 2.05) is 17.7 Å². The van der Waals surface area contributed by atoms with E-state index >= 15 is 0 Å². The summed E-state index contributed by atoms with van der Waals surface area (Å²) in [7, 11) is 0. The molecule has 0 aliphatic heterocycles. The topological polar surface area (TPSA) is 29.9 Å². The summed E-state index contributed by atoms with van der Waals surface area (Å²) in [5, 5.41) is 7.47. The second-order valence-electron chi connectivity index (χ2n) is 3.62. The van der Waals surface area contributed by atoms with Crippen LogP contribution in [0.15, 0.2) is 30.5 Å². The zero-order chi connectivity index (χ0) is 12.3. The van der Waals surface area contributed by atoms with Crippen molar-refractivity contribution in [2.24, 2.45) is 0 Å². The Morgan fingerprint density at radius 2 is 2.24 bits per heavy atom. The Morgan fingerprint density at radius 3 is 2.94 bits per heavy atom. The number of aromatic nitrogens is 2. The van der Waals surface area contributed by atoms with Gasteiger partial charge in [0.1, 0.15) is 5.82 Å². The van der Waals surface area contributed by atoms with Gasteiger partial charge in [0.05, 0.1) is 17.3 Å². The molecule has 17 heavy (non-hydrogen) atoms. The van der Waals surface area contributed by atoms with E-state index < -0.39 is 5.82 Å². The molecule has 5 heteroatoms. The molecule has 0 saturated heterocycles. The molecular formula is C12H13ClFN3. The van der Waals surface area contributed by atoms with Gasteiger partial charge in [0.15, 0.2) is 0 Å². The van der Waals surface area contributed by atoms with Crippen LogP contribution >= 0.6 is 11.6 Å². The number of hydrogen-bond donors (Lipinski definition) is 1. The van der Waals surface area contributed by atoms with Crippen molar-refractivity contribution in [3.8, 4) is 0 Å². The molecule has 0 bridgehead atoms. The molecule has 1 aromatic carbocycles. The van der Waals surface area contributed by atoms with Gasteiger partial charge in [-0.3, -0.25) is 4.68 Å². The molecule has 0 unspecified atom stereocenters. The first-order valence-electron chi connectivity index (χ1n) is 5.40. The number of anilines is 1. The van der Waals surface area contributed by atoms with Crippen molar-refractivity contribution < 1.29 is 4.39 Å². The maximum Gasteiger partial charge on any atom is 0.141 e. The van der Waals surface area contributed by atoms with Gasteiger partial charge in [-0.1, -0.05) is 11.6 Å². The van der Waals surface area contributed by atoms with Gasteiger partial charge in [-0.2, -0.15) is 5.10 Å². The van der Waals surface area contributed by atoms with Gasteiger partial charge in [0.25, 0.3) is 0 Å². The maximum absolute atomic E-state index is 13.0. The molecule has 0 aliphatic carbocycles. The number of hydrogen-bond acceptors (Lipinski definition) is 2. The van der Waals surface area contributed by atoms with Crippen molar-refractivity contribution in [1.82, 2.24) is 9.78 Å². The van der Waals surface area contributed by atoms with Crippen molar-refractivity contribution in [3.63, 3.8) is 0 Å². The number of benzene rings is 1. The number of rotatable bonds is 4. The monoisotopic (exact) mass is 253 g/mol. The highest BCUT2D eigenvalue weighted by Crippen LogP contribution is 2.19. The molecule has 0 saturated carbocycles. The summed E-state index contributed by atoms with van der Waals surface area (Å²) in [6.45, 7) is 3.50. The summed E-state index contributed by atoms with van der Waals surface area (Å²) in [5.74, 6) is -0.407. The first-order chi connectivity index (χ1) is 8.20. The average molecular weight is 254 g/mol. The quantitative estimate of drug-likeness (QED) is 0.906. The summed E-state index contributed by atoms with van der Waals surface area (Å²) in [6.07, 6.45) is 1.76. The molecule has 0 spiro atoms. The lowest BCUT2D eigenvalue weighted by atomic mass is 10.3. The van der Waals surface area contributed by atoms with E-state index in [1.54, 1.807) is 18.3 Å². The summed E-state index contributed by atoms with van der Waals surface area (Å²) in [6, 6.07) is 6.53. The van der Waals surface area contributed by atoms with Gasteiger partial charge in [0, 0.05) is 18.4 Å². The zero-order valence-electron chi connectivity index (χ0n) is 9.45. The minimum absolute atomic E-state index is 0.124. The maximum atomic E-state index is 13.0. The second kappa shape index (κ2) is 5.19. The van der Waals surface area contributed by atoms with Crippen LogP contribution in [-0.4, -0.2) is 9.78 Å². The van der Waals surface area contributed by atoms with Gasteiger partial charge >= 0.3 is 0 Å². The van der Waals surface area contributed by atoms with Crippen molar-refractivity contribution in [2.75, 3.05) is 5.32 Å². The third kappa shape index (κ3) is 2.77. The number of aryl methyl sites for hydroxylation is 1. The van der Waals surface area contributed by atoms with Gasteiger partial charge in [-0.25, -0.2) is 4.39 Å². The van der Waals surface area contributed by atoms with Crippen LogP contribution in [0.3, 0.4) is 0 Å². The molecule has 0 aliphatic rings. The summed E-state index contributed by atoms with van der Waals surface area (Å²) < 4.78 is 14.9. The molecule has 0 radical (unpaired) electrons. The van der Waals surface area contributed by atoms with Crippen LogP contribution < -0.4 is 5.32 Å². The fourth-order valence-electron chi connectivity index (χ4n) is 1.59. The van der Waals surface area contributed by atoms with E-state index in [0.29, 0.717) is 6.54 Å². The van der Waals surface area contributed by atoms with Crippen LogP contribution in [0.1, 0.15) is 12.6 Å². The standard InChI is InChI=1S/C12H13ClFN3/c1-2-17-10(5-6-16-17)8-15-9-3-4-12(14)11(13)7-9/h3-7,15H,2,8H2,1H3. The fourth-order valence-corrected chi connectivity index (χ4v) is 1.77. The van der Waals surface area contributed by atoms with E-state index in [-0.39, 0.29) is 5.02 Å². The average Bonchev–Trinajstić information content (AvgIpc) is 2.78. The molecule has 90 valence electrons. The molecule has 0 fully saturated rings. The van der Waals surface area contributed by atoms with E-state index in [9.17, 15) is 4.39 Å². The minimum Gasteiger partial charge on any atom is -0.379 e. The van der Waals surface area contributed by atoms with Crippen LogP contribution in [0.4, 0.5) is 10.1 Å². The highest BCUT2D eigenvalue weighted by Gasteiger charge is 2.03. The van der Waals surface area contributed by atoms with Crippen LogP contribution in [0.25, 0.3) is 0 Å². The van der Waals surface area contributed by atoms with Gasteiger partial charge < -0.3 is 5.32 Å². The van der Waals surface area contributed by atoms with E-state index in [0.717, 1.165) is 17.9 Å². The lowest BCUT2D eigenvalue weighted by molar-refractivity contribution is 0.626. The highest BCUT2D eigenvalue weighted by molar-refractivity contribution is 6.31. The summed E-state index contributed by atoms with van der Waals surface area (Å²) in [4.78, 5) is 0. The third-order valence-corrected chi connectivity index (χ3v) is 2.79. The first-order valence-corrected chi connectivity index (χ1v) is 5.78. The van der Waals surface area contributed by atoms with Gasteiger partial charge in [-0.05, 0) is 31.2 Å². The zero-order valence-corrected chi connectivity index (χ0v) is 10.2. The van der Waals surface area contributed by atoms with Crippen LogP contribution in [0, 0.1) is 5.82 Å². The molecule has 1 N–H and O–H groups in total. The van der Waals surface area contributed by atoms with E-state index in [2.05, 4.69) is 10.4 Å². The third-order valence-electron chi connectivity index (χ3n) is 2.50. The Hall–Kier alpha value is -1.55. The lowest BCUT2D eigenvalue weighted by Gasteiger charge is -2.08. The Balaban J connectivity index is 2.05. The Labute approximate surface area is 104 Å². The smallest absolute Gasteiger partial charge is 0.141 e. The minimum atomic E-state index is -0.407. The fraction of sp³-hybridized carbons (Fsp3) is 0.250. The lowest BCUT2D eigenvalue weighted by Crippen LogP contribution is -2.07. The predicted molar refractivity (Wildman–Crippen MR) is 66.6 cm³/mol. The molecule has 2 rings (SSSR count).